The molecule has 4 nitrogen and oxygen atoms in total. The molecule has 4 heteroatoms. The summed E-state index contributed by atoms with van der Waals surface area (Å²) in [5.74, 6) is 1.30. The third-order valence-corrected chi connectivity index (χ3v) is 3.81. The van der Waals surface area contributed by atoms with Crippen molar-refractivity contribution in [1.29, 1.82) is 0 Å². The van der Waals surface area contributed by atoms with Crippen molar-refractivity contribution in [3.05, 3.63) is 59.2 Å². The summed E-state index contributed by atoms with van der Waals surface area (Å²) < 4.78 is 11.0. The second-order valence-corrected chi connectivity index (χ2v) is 5.54. The quantitative estimate of drug-likeness (QED) is 0.889. The van der Waals surface area contributed by atoms with Crippen molar-refractivity contribution < 1.29 is 14.3 Å². The van der Waals surface area contributed by atoms with E-state index in [2.05, 4.69) is 5.32 Å². The second kappa shape index (κ2) is 7.68. The minimum absolute atomic E-state index is 0.158. The van der Waals surface area contributed by atoms with E-state index in [0.29, 0.717) is 12.3 Å². The normalized spacial score (nSPS) is 11.7. The maximum Gasteiger partial charge on any atom is 0.261 e. The van der Waals surface area contributed by atoms with Gasteiger partial charge in [0.15, 0.2) is 6.10 Å². The van der Waals surface area contributed by atoms with Gasteiger partial charge in [-0.1, -0.05) is 24.3 Å². The zero-order valence-electron chi connectivity index (χ0n) is 14.1. The molecule has 0 fully saturated rings. The van der Waals surface area contributed by atoms with Crippen LogP contribution < -0.4 is 14.8 Å². The molecule has 0 bridgehead atoms. The van der Waals surface area contributed by atoms with Gasteiger partial charge in [0.1, 0.15) is 11.5 Å². The number of carbonyl (C=O) groups is 1. The Balaban J connectivity index is 1.93. The van der Waals surface area contributed by atoms with Gasteiger partial charge < -0.3 is 14.8 Å². The highest BCUT2D eigenvalue weighted by molar-refractivity contribution is 5.80. The third-order valence-electron chi connectivity index (χ3n) is 3.81. The number of carbonyl (C=O) groups excluding carboxylic acids is 1. The molecule has 2 aromatic rings. The number of para-hydroxylation sites is 1. The maximum atomic E-state index is 12.2. The van der Waals surface area contributed by atoms with Crippen molar-refractivity contribution in [2.45, 2.75) is 33.4 Å². The zero-order chi connectivity index (χ0) is 16.8. The van der Waals surface area contributed by atoms with Gasteiger partial charge in [-0.25, -0.2) is 0 Å². The smallest absolute Gasteiger partial charge is 0.261 e. The van der Waals surface area contributed by atoms with Crippen molar-refractivity contribution in [2.75, 3.05) is 7.11 Å². The van der Waals surface area contributed by atoms with Gasteiger partial charge in [0, 0.05) is 12.1 Å². The van der Waals surface area contributed by atoms with E-state index in [1.54, 1.807) is 14.0 Å². The van der Waals surface area contributed by atoms with E-state index in [1.165, 1.54) is 5.56 Å². The highest BCUT2D eigenvalue weighted by atomic mass is 16.5. The molecule has 0 aliphatic heterocycles. The molecular formula is C19H23NO3. The summed E-state index contributed by atoms with van der Waals surface area (Å²) in [4.78, 5) is 12.2. The fourth-order valence-electron chi connectivity index (χ4n) is 2.22. The summed E-state index contributed by atoms with van der Waals surface area (Å²) in [6.45, 7) is 6.22. The van der Waals surface area contributed by atoms with Crippen LogP contribution in [0.1, 0.15) is 23.6 Å². The van der Waals surface area contributed by atoms with Crippen LogP contribution in [0.25, 0.3) is 0 Å². The van der Waals surface area contributed by atoms with Crippen LogP contribution in [0.2, 0.25) is 0 Å². The molecule has 0 radical (unpaired) electrons. The summed E-state index contributed by atoms with van der Waals surface area (Å²) in [5, 5.41) is 2.88. The molecule has 0 saturated heterocycles. The predicted octanol–water partition coefficient (Wildman–Crippen LogP) is 3.40. The Morgan fingerprint density at radius 1 is 1.13 bits per heavy atom. The van der Waals surface area contributed by atoms with Crippen LogP contribution in [0.15, 0.2) is 42.5 Å². The maximum absolute atomic E-state index is 12.2. The van der Waals surface area contributed by atoms with Crippen molar-refractivity contribution in [2.24, 2.45) is 0 Å². The topological polar surface area (TPSA) is 47.6 Å². The molecular weight excluding hydrogens is 290 g/mol. The lowest BCUT2D eigenvalue weighted by atomic mass is 10.1. The number of nitrogens with one attached hydrogen (secondary N) is 1. The van der Waals surface area contributed by atoms with E-state index < -0.39 is 6.10 Å². The molecule has 0 aromatic heterocycles. The Labute approximate surface area is 137 Å². The number of methoxy groups -OCH3 is 1. The number of amides is 1. The Morgan fingerprint density at radius 3 is 2.57 bits per heavy atom. The number of aryl methyl sites for hydroxylation is 2. The summed E-state index contributed by atoms with van der Waals surface area (Å²) in [5.41, 5.74) is 3.27. The molecule has 2 rings (SSSR count). The van der Waals surface area contributed by atoms with Crippen LogP contribution in [0, 0.1) is 13.8 Å². The summed E-state index contributed by atoms with van der Waals surface area (Å²) >= 11 is 0. The van der Waals surface area contributed by atoms with Crippen LogP contribution in [-0.4, -0.2) is 19.1 Å². The number of ether oxygens (including phenoxy) is 2. The molecule has 122 valence electrons. The number of hydrogen-bond acceptors (Lipinski definition) is 3. The minimum Gasteiger partial charge on any atom is -0.496 e. The lowest BCUT2D eigenvalue weighted by Crippen LogP contribution is -2.36. The Hall–Kier alpha value is -2.49. The lowest BCUT2D eigenvalue weighted by molar-refractivity contribution is -0.127. The molecule has 1 amide bonds. The van der Waals surface area contributed by atoms with Crippen LogP contribution in [0.3, 0.4) is 0 Å². The standard InChI is InChI=1S/C19H23NO3/c1-13-9-10-17(11-14(13)2)23-15(3)19(21)20-12-16-7-5-6-8-18(16)22-4/h5-11,15H,12H2,1-4H3,(H,20,21). The Bertz CT molecular complexity index is 682. The van der Waals surface area contributed by atoms with E-state index in [1.807, 2.05) is 56.3 Å². The molecule has 0 aliphatic rings. The molecule has 0 saturated carbocycles. The van der Waals surface area contributed by atoms with Gasteiger partial charge >= 0.3 is 0 Å². The summed E-state index contributed by atoms with van der Waals surface area (Å²) in [6, 6.07) is 13.4. The van der Waals surface area contributed by atoms with Crippen molar-refractivity contribution in [1.82, 2.24) is 5.32 Å². The second-order valence-electron chi connectivity index (χ2n) is 5.54. The Kier molecular flexibility index (Phi) is 5.63. The molecule has 1 N–H and O–H groups in total. The van der Waals surface area contributed by atoms with Crippen LogP contribution in [0.4, 0.5) is 0 Å². The first-order valence-electron chi connectivity index (χ1n) is 7.64. The lowest BCUT2D eigenvalue weighted by Gasteiger charge is -2.16. The molecule has 23 heavy (non-hydrogen) atoms. The molecule has 1 unspecified atom stereocenters. The first kappa shape index (κ1) is 16.9. The number of rotatable bonds is 6. The van der Waals surface area contributed by atoms with Crippen molar-refractivity contribution >= 4 is 5.91 Å². The molecule has 1 atom stereocenters. The minimum atomic E-state index is -0.563. The van der Waals surface area contributed by atoms with Crippen LogP contribution in [-0.2, 0) is 11.3 Å². The first-order valence-corrected chi connectivity index (χ1v) is 7.64. The SMILES string of the molecule is COc1ccccc1CNC(=O)C(C)Oc1ccc(C)c(C)c1. The van der Waals surface area contributed by atoms with Crippen LogP contribution >= 0.6 is 0 Å². The van der Waals surface area contributed by atoms with Gasteiger partial charge in [-0.3, -0.25) is 4.79 Å². The van der Waals surface area contributed by atoms with Gasteiger partial charge in [-0.05, 0) is 50.1 Å². The average Bonchev–Trinajstić information content (AvgIpc) is 2.56. The number of benzene rings is 2. The third kappa shape index (κ3) is 4.49. The van der Waals surface area contributed by atoms with Crippen molar-refractivity contribution in [3.63, 3.8) is 0 Å². The van der Waals surface area contributed by atoms with Gasteiger partial charge in [-0.15, -0.1) is 0 Å². The highest BCUT2D eigenvalue weighted by Crippen LogP contribution is 2.19. The van der Waals surface area contributed by atoms with Gasteiger partial charge in [0.2, 0.25) is 0 Å². The first-order chi connectivity index (χ1) is 11.0. The van der Waals surface area contributed by atoms with Gasteiger partial charge in [-0.2, -0.15) is 0 Å². The largest absolute Gasteiger partial charge is 0.496 e. The van der Waals surface area contributed by atoms with Gasteiger partial charge in [0.05, 0.1) is 7.11 Å². The molecule has 2 aromatic carbocycles. The highest BCUT2D eigenvalue weighted by Gasteiger charge is 2.15. The van der Waals surface area contributed by atoms with E-state index in [0.717, 1.165) is 16.9 Å². The predicted molar refractivity (Wildman–Crippen MR) is 90.8 cm³/mol. The van der Waals surface area contributed by atoms with E-state index >= 15 is 0 Å². The average molecular weight is 313 g/mol. The van der Waals surface area contributed by atoms with E-state index in [-0.39, 0.29) is 5.91 Å². The molecule has 0 heterocycles. The Morgan fingerprint density at radius 2 is 1.87 bits per heavy atom. The van der Waals surface area contributed by atoms with E-state index in [4.69, 9.17) is 9.47 Å². The van der Waals surface area contributed by atoms with Crippen LogP contribution in [0.5, 0.6) is 11.5 Å². The van der Waals surface area contributed by atoms with Crippen molar-refractivity contribution in [3.8, 4) is 11.5 Å². The fourth-order valence-corrected chi connectivity index (χ4v) is 2.22. The summed E-state index contributed by atoms with van der Waals surface area (Å²) in [7, 11) is 1.62. The van der Waals surface area contributed by atoms with E-state index in [9.17, 15) is 4.79 Å². The molecule has 0 spiro atoms. The molecule has 0 aliphatic carbocycles. The van der Waals surface area contributed by atoms with Gasteiger partial charge in [0.25, 0.3) is 5.91 Å². The fraction of sp³-hybridized carbons (Fsp3) is 0.316. The summed E-state index contributed by atoms with van der Waals surface area (Å²) in [6.07, 6.45) is -0.563. The monoisotopic (exact) mass is 313 g/mol. The zero-order valence-corrected chi connectivity index (χ0v) is 14.1. The number of hydrogen-bond donors (Lipinski definition) is 1.